The molecule has 64 valence electrons. The number of nitrogens with two attached hydrogens (primary N) is 3. The van der Waals surface area contributed by atoms with Crippen molar-refractivity contribution < 1.29 is 0 Å². The van der Waals surface area contributed by atoms with Crippen molar-refractivity contribution in [3.05, 3.63) is 12.8 Å². The predicted molar refractivity (Wildman–Crippen MR) is 49.1 cm³/mol. The van der Waals surface area contributed by atoms with Gasteiger partial charge in [0.2, 0.25) is 5.95 Å². The lowest BCUT2D eigenvalue weighted by Gasteiger charge is -2.06. The standard InChI is InChI=1S/C6H10N6/c1-2-10-5-3(7)4(8)11-6(9)12-5/h2H,1,7H2,(H5,8,9,10,11,12). The van der Waals surface area contributed by atoms with E-state index in [9.17, 15) is 0 Å². The van der Waals surface area contributed by atoms with E-state index in [1.165, 1.54) is 6.20 Å². The summed E-state index contributed by atoms with van der Waals surface area (Å²) >= 11 is 0. The molecule has 0 aromatic carbocycles. The molecule has 12 heavy (non-hydrogen) atoms. The number of aromatic nitrogens is 2. The van der Waals surface area contributed by atoms with Crippen LogP contribution < -0.4 is 22.5 Å². The summed E-state index contributed by atoms with van der Waals surface area (Å²) in [4.78, 5) is 7.46. The molecular weight excluding hydrogens is 156 g/mol. The maximum Gasteiger partial charge on any atom is 0.224 e. The second-order valence-corrected chi connectivity index (χ2v) is 2.08. The molecule has 1 aromatic rings. The summed E-state index contributed by atoms with van der Waals surface area (Å²) in [6, 6.07) is 0. The van der Waals surface area contributed by atoms with Gasteiger partial charge in [-0.15, -0.1) is 0 Å². The van der Waals surface area contributed by atoms with E-state index >= 15 is 0 Å². The van der Waals surface area contributed by atoms with Crippen molar-refractivity contribution in [2.45, 2.75) is 0 Å². The van der Waals surface area contributed by atoms with Crippen LogP contribution in [0.2, 0.25) is 0 Å². The highest BCUT2D eigenvalue weighted by molar-refractivity contribution is 5.74. The fourth-order valence-electron chi connectivity index (χ4n) is 0.711. The average molecular weight is 166 g/mol. The van der Waals surface area contributed by atoms with Crippen LogP contribution in [0.1, 0.15) is 0 Å². The van der Waals surface area contributed by atoms with Crippen LogP contribution in [0.15, 0.2) is 12.8 Å². The molecule has 0 amide bonds. The van der Waals surface area contributed by atoms with E-state index in [1.807, 2.05) is 0 Å². The SMILES string of the molecule is C=CNc1nc(N)nc(N)c1N. The first kappa shape index (κ1) is 8.12. The van der Waals surface area contributed by atoms with E-state index in [2.05, 4.69) is 21.9 Å². The van der Waals surface area contributed by atoms with Gasteiger partial charge in [-0.1, -0.05) is 6.58 Å². The molecule has 1 heterocycles. The first-order valence-corrected chi connectivity index (χ1v) is 3.21. The fourth-order valence-corrected chi connectivity index (χ4v) is 0.711. The molecule has 0 radical (unpaired) electrons. The second kappa shape index (κ2) is 2.95. The van der Waals surface area contributed by atoms with Gasteiger partial charge in [0.25, 0.3) is 0 Å². The maximum absolute atomic E-state index is 5.52. The lowest BCUT2D eigenvalue weighted by atomic mass is 10.4. The molecule has 0 unspecified atom stereocenters. The van der Waals surface area contributed by atoms with Crippen LogP contribution in [0.3, 0.4) is 0 Å². The summed E-state index contributed by atoms with van der Waals surface area (Å²) in [6.07, 6.45) is 1.43. The average Bonchev–Trinajstić information content (AvgIpc) is 2.00. The van der Waals surface area contributed by atoms with Crippen LogP contribution in [0.25, 0.3) is 0 Å². The Bertz CT molecular complexity index is 307. The largest absolute Gasteiger partial charge is 0.393 e. The molecule has 0 fully saturated rings. The summed E-state index contributed by atoms with van der Waals surface area (Å²) in [5.74, 6) is 0.605. The van der Waals surface area contributed by atoms with Gasteiger partial charge in [-0.25, -0.2) is 0 Å². The topological polar surface area (TPSA) is 116 Å². The van der Waals surface area contributed by atoms with Crippen molar-refractivity contribution in [2.24, 2.45) is 0 Å². The molecule has 6 nitrogen and oxygen atoms in total. The molecule has 1 aromatic heterocycles. The number of nitrogens with one attached hydrogen (secondary N) is 1. The number of hydrogen-bond donors (Lipinski definition) is 4. The third-order valence-electron chi connectivity index (χ3n) is 1.23. The van der Waals surface area contributed by atoms with E-state index in [0.717, 1.165) is 0 Å². The van der Waals surface area contributed by atoms with Crippen LogP contribution in [0, 0.1) is 0 Å². The predicted octanol–water partition coefficient (Wildman–Crippen LogP) is -0.221. The van der Waals surface area contributed by atoms with Crippen molar-refractivity contribution in [2.75, 3.05) is 22.5 Å². The van der Waals surface area contributed by atoms with Crippen molar-refractivity contribution in [3.8, 4) is 0 Å². The minimum absolute atomic E-state index is 0.0750. The molecule has 6 heteroatoms. The Balaban J connectivity index is 3.17. The molecule has 0 saturated heterocycles. The van der Waals surface area contributed by atoms with Crippen molar-refractivity contribution in [1.29, 1.82) is 0 Å². The van der Waals surface area contributed by atoms with Gasteiger partial charge in [0, 0.05) is 0 Å². The smallest absolute Gasteiger partial charge is 0.224 e. The van der Waals surface area contributed by atoms with Crippen molar-refractivity contribution in [1.82, 2.24) is 9.97 Å². The third kappa shape index (κ3) is 1.36. The highest BCUT2D eigenvalue weighted by Crippen LogP contribution is 2.21. The van der Waals surface area contributed by atoms with Gasteiger partial charge in [0.05, 0.1) is 0 Å². The van der Waals surface area contributed by atoms with E-state index in [0.29, 0.717) is 5.82 Å². The molecule has 0 aliphatic heterocycles. The van der Waals surface area contributed by atoms with Gasteiger partial charge < -0.3 is 22.5 Å². The Labute approximate surface area is 69.5 Å². The highest BCUT2D eigenvalue weighted by atomic mass is 15.1. The van der Waals surface area contributed by atoms with Gasteiger partial charge in [-0.3, -0.25) is 0 Å². The van der Waals surface area contributed by atoms with Gasteiger partial charge in [-0.2, -0.15) is 9.97 Å². The lowest BCUT2D eigenvalue weighted by Crippen LogP contribution is -2.07. The molecule has 0 atom stereocenters. The number of nitrogen functional groups attached to an aromatic ring is 3. The van der Waals surface area contributed by atoms with Crippen LogP contribution in [0.5, 0.6) is 0 Å². The Morgan fingerprint density at radius 2 is 1.92 bits per heavy atom. The maximum atomic E-state index is 5.52. The normalized spacial score (nSPS) is 9.33. The van der Waals surface area contributed by atoms with Crippen molar-refractivity contribution in [3.63, 3.8) is 0 Å². The minimum Gasteiger partial charge on any atom is -0.393 e. The highest BCUT2D eigenvalue weighted by Gasteiger charge is 2.05. The summed E-state index contributed by atoms with van der Waals surface area (Å²) in [7, 11) is 0. The quantitative estimate of drug-likeness (QED) is 0.482. The van der Waals surface area contributed by atoms with Gasteiger partial charge in [0.1, 0.15) is 5.69 Å². The summed E-state index contributed by atoms with van der Waals surface area (Å²) in [5.41, 5.74) is 16.5. The molecule has 7 N–H and O–H groups in total. The molecule has 0 saturated carbocycles. The van der Waals surface area contributed by atoms with Crippen LogP contribution in [-0.4, -0.2) is 9.97 Å². The number of rotatable bonds is 2. The van der Waals surface area contributed by atoms with E-state index in [4.69, 9.17) is 17.2 Å². The first-order valence-electron chi connectivity index (χ1n) is 3.21. The zero-order valence-corrected chi connectivity index (χ0v) is 6.41. The Kier molecular flexibility index (Phi) is 2.00. The van der Waals surface area contributed by atoms with Gasteiger partial charge >= 0.3 is 0 Å². The van der Waals surface area contributed by atoms with Gasteiger partial charge in [-0.05, 0) is 6.20 Å². The Morgan fingerprint density at radius 3 is 2.50 bits per heavy atom. The van der Waals surface area contributed by atoms with Crippen molar-refractivity contribution >= 4 is 23.3 Å². The molecule has 1 rings (SSSR count). The Hall–Kier alpha value is -1.98. The molecule has 0 bridgehead atoms. The van der Waals surface area contributed by atoms with E-state index in [1.54, 1.807) is 0 Å². The fraction of sp³-hybridized carbons (Fsp3) is 0. The number of anilines is 4. The summed E-state index contributed by atoms with van der Waals surface area (Å²) in [5, 5.41) is 2.69. The van der Waals surface area contributed by atoms with Gasteiger partial charge in [0.15, 0.2) is 11.6 Å². The lowest BCUT2D eigenvalue weighted by molar-refractivity contribution is 1.20. The zero-order chi connectivity index (χ0) is 9.14. The second-order valence-electron chi connectivity index (χ2n) is 2.08. The molecule has 0 aliphatic rings. The molecule has 0 aliphatic carbocycles. The first-order chi connectivity index (χ1) is 5.65. The number of hydrogen-bond acceptors (Lipinski definition) is 6. The molecule has 0 spiro atoms. The third-order valence-corrected chi connectivity index (χ3v) is 1.23. The minimum atomic E-state index is 0.0750. The van der Waals surface area contributed by atoms with E-state index < -0.39 is 0 Å². The van der Waals surface area contributed by atoms with Crippen LogP contribution in [-0.2, 0) is 0 Å². The molecular formula is C6H10N6. The summed E-state index contributed by atoms with van der Waals surface area (Å²) in [6.45, 7) is 3.45. The van der Waals surface area contributed by atoms with E-state index in [-0.39, 0.29) is 17.5 Å². The van der Waals surface area contributed by atoms with Crippen LogP contribution >= 0.6 is 0 Å². The monoisotopic (exact) mass is 166 g/mol. The van der Waals surface area contributed by atoms with Crippen LogP contribution in [0.4, 0.5) is 23.3 Å². The Morgan fingerprint density at radius 1 is 1.25 bits per heavy atom. The zero-order valence-electron chi connectivity index (χ0n) is 6.41. The number of nitrogens with zero attached hydrogens (tertiary/aromatic N) is 2. The summed E-state index contributed by atoms with van der Waals surface area (Å²) < 4.78 is 0.